The fourth-order valence-electron chi connectivity index (χ4n) is 4.07. The van der Waals surface area contributed by atoms with Crippen LogP contribution in [0.2, 0.25) is 0 Å². The topological polar surface area (TPSA) is 50.6 Å². The Labute approximate surface area is 183 Å². The molecule has 5 rings (SSSR count). The van der Waals surface area contributed by atoms with Gasteiger partial charge in [0.2, 0.25) is 0 Å². The minimum absolute atomic E-state index is 0.0134. The van der Waals surface area contributed by atoms with Crippen LogP contribution >= 0.6 is 0 Å². The predicted molar refractivity (Wildman–Crippen MR) is 121 cm³/mol. The van der Waals surface area contributed by atoms with Crippen molar-refractivity contribution in [3.8, 4) is 5.69 Å². The monoisotopic (exact) mass is 416 g/mol. The third-order valence-electron chi connectivity index (χ3n) is 6.02. The SMILES string of the molecule is CN(Cc1ccc(N2CCOCC2)cc1)C(=O)c1cc(C2CC2)nn1-c1ccccc1. The van der Waals surface area contributed by atoms with Crippen molar-refractivity contribution < 1.29 is 9.53 Å². The maximum Gasteiger partial charge on any atom is 0.272 e. The molecular formula is C25H28N4O2. The summed E-state index contributed by atoms with van der Waals surface area (Å²) in [5.41, 5.74) is 4.88. The van der Waals surface area contributed by atoms with E-state index in [0.29, 0.717) is 18.2 Å². The summed E-state index contributed by atoms with van der Waals surface area (Å²) in [5, 5.41) is 4.77. The molecule has 2 heterocycles. The van der Waals surface area contributed by atoms with Crippen LogP contribution in [-0.4, -0.2) is 53.9 Å². The molecule has 0 bridgehead atoms. The number of ether oxygens (including phenoxy) is 1. The van der Waals surface area contributed by atoms with E-state index in [9.17, 15) is 4.79 Å². The van der Waals surface area contributed by atoms with E-state index >= 15 is 0 Å². The summed E-state index contributed by atoms with van der Waals surface area (Å²) in [7, 11) is 1.86. The van der Waals surface area contributed by atoms with E-state index in [0.717, 1.165) is 56.1 Å². The van der Waals surface area contributed by atoms with Crippen molar-refractivity contribution >= 4 is 11.6 Å². The molecule has 2 aromatic carbocycles. The number of hydrogen-bond donors (Lipinski definition) is 0. The Bertz CT molecular complexity index is 1040. The Balaban J connectivity index is 1.33. The van der Waals surface area contributed by atoms with Crippen molar-refractivity contribution in [1.82, 2.24) is 14.7 Å². The highest BCUT2D eigenvalue weighted by molar-refractivity contribution is 5.93. The smallest absolute Gasteiger partial charge is 0.272 e. The maximum atomic E-state index is 13.4. The fraction of sp³-hybridized carbons (Fsp3) is 0.360. The molecule has 2 aliphatic rings. The lowest BCUT2D eigenvalue weighted by Gasteiger charge is -2.29. The van der Waals surface area contributed by atoms with Gasteiger partial charge >= 0.3 is 0 Å². The highest BCUT2D eigenvalue weighted by Crippen LogP contribution is 2.39. The van der Waals surface area contributed by atoms with Gasteiger partial charge in [0.25, 0.3) is 5.91 Å². The molecule has 6 heteroatoms. The highest BCUT2D eigenvalue weighted by Gasteiger charge is 2.29. The second-order valence-electron chi connectivity index (χ2n) is 8.40. The van der Waals surface area contributed by atoms with E-state index in [2.05, 4.69) is 29.2 Å². The first-order chi connectivity index (χ1) is 15.2. The first kappa shape index (κ1) is 19.8. The molecule has 6 nitrogen and oxygen atoms in total. The van der Waals surface area contributed by atoms with Crippen LogP contribution in [0, 0.1) is 0 Å². The van der Waals surface area contributed by atoms with Crippen LogP contribution in [0.4, 0.5) is 5.69 Å². The molecule has 1 saturated heterocycles. The third-order valence-corrected chi connectivity index (χ3v) is 6.02. The number of hydrogen-bond acceptors (Lipinski definition) is 4. The maximum absolute atomic E-state index is 13.4. The van der Waals surface area contributed by atoms with E-state index in [1.807, 2.05) is 43.4 Å². The summed E-state index contributed by atoms with van der Waals surface area (Å²) < 4.78 is 7.23. The van der Waals surface area contributed by atoms with E-state index in [-0.39, 0.29) is 5.91 Å². The van der Waals surface area contributed by atoms with Crippen molar-refractivity contribution in [3.05, 3.63) is 77.6 Å². The summed E-state index contributed by atoms with van der Waals surface area (Å²) in [6.45, 7) is 3.95. The summed E-state index contributed by atoms with van der Waals surface area (Å²) in [6.07, 6.45) is 2.32. The van der Waals surface area contributed by atoms with Crippen LogP contribution in [0.5, 0.6) is 0 Å². The summed E-state index contributed by atoms with van der Waals surface area (Å²) >= 11 is 0. The van der Waals surface area contributed by atoms with Gasteiger partial charge < -0.3 is 14.5 Å². The van der Waals surface area contributed by atoms with Crippen molar-refractivity contribution in [2.75, 3.05) is 38.3 Å². The molecule has 1 aromatic heterocycles. The van der Waals surface area contributed by atoms with Crippen LogP contribution in [0.3, 0.4) is 0 Å². The number of benzene rings is 2. The van der Waals surface area contributed by atoms with Crippen LogP contribution in [0.15, 0.2) is 60.7 Å². The molecule has 1 aliphatic heterocycles. The van der Waals surface area contributed by atoms with Crippen LogP contribution < -0.4 is 4.90 Å². The van der Waals surface area contributed by atoms with Crippen LogP contribution in [0.25, 0.3) is 5.69 Å². The lowest BCUT2D eigenvalue weighted by molar-refractivity contribution is 0.0776. The molecule has 31 heavy (non-hydrogen) atoms. The van der Waals surface area contributed by atoms with Crippen molar-refractivity contribution in [3.63, 3.8) is 0 Å². The highest BCUT2D eigenvalue weighted by atomic mass is 16.5. The normalized spacial score (nSPS) is 16.4. The Morgan fingerprint density at radius 3 is 2.42 bits per heavy atom. The second-order valence-corrected chi connectivity index (χ2v) is 8.40. The van der Waals surface area contributed by atoms with E-state index in [1.165, 1.54) is 5.69 Å². The number of nitrogens with zero attached hydrogens (tertiary/aromatic N) is 4. The van der Waals surface area contributed by atoms with Crippen molar-refractivity contribution in [1.29, 1.82) is 0 Å². The molecule has 0 spiro atoms. The molecule has 1 amide bonds. The quantitative estimate of drug-likeness (QED) is 0.612. The Morgan fingerprint density at radius 1 is 1.03 bits per heavy atom. The van der Waals surface area contributed by atoms with E-state index < -0.39 is 0 Å². The van der Waals surface area contributed by atoms with Crippen molar-refractivity contribution in [2.24, 2.45) is 0 Å². The standard InChI is InChI=1S/C25H28N4O2/c1-27(18-19-7-11-21(12-8-19)28-13-15-31-16-14-28)25(30)24-17-23(20-9-10-20)26-29(24)22-5-3-2-4-6-22/h2-8,11-12,17,20H,9-10,13-16,18H2,1H3. The average molecular weight is 417 g/mol. The molecule has 1 aliphatic carbocycles. The first-order valence-corrected chi connectivity index (χ1v) is 11.0. The Morgan fingerprint density at radius 2 is 1.74 bits per heavy atom. The Hall–Kier alpha value is -3.12. The largest absolute Gasteiger partial charge is 0.378 e. The molecule has 1 saturated carbocycles. The molecule has 2 fully saturated rings. The number of amides is 1. The van der Waals surface area contributed by atoms with Gasteiger partial charge in [-0.05, 0) is 48.7 Å². The molecular weight excluding hydrogens is 388 g/mol. The van der Waals surface area contributed by atoms with Gasteiger partial charge in [-0.2, -0.15) is 5.10 Å². The summed E-state index contributed by atoms with van der Waals surface area (Å²) in [6, 6.07) is 20.4. The van der Waals surface area contributed by atoms with Crippen LogP contribution in [-0.2, 0) is 11.3 Å². The van der Waals surface area contributed by atoms with Gasteiger partial charge in [0.1, 0.15) is 5.69 Å². The number of rotatable bonds is 6. The minimum Gasteiger partial charge on any atom is -0.378 e. The number of para-hydroxylation sites is 1. The average Bonchev–Trinajstić information content (AvgIpc) is 3.58. The number of carbonyl (C=O) groups is 1. The third kappa shape index (κ3) is 4.35. The van der Waals surface area contributed by atoms with Gasteiger partial charge in [0.05, 0.1) is 24.6 Å². The first-order valence-electron chi connectivity index (χ1n) is 11.0. The lowest BCUT2D eigenvalue weighted by Crippen LogP contribution is -2.36. The molecule has 0 radical (unpaired) electrons. The molecule has 160 valence electrons. The number of anilines is 1. The molecule has 0 atom stereocenters. The lowest BCUT2D eigenvalue weighted by atomic mass is 10.1. The number of aromatic nitrogens is 2. The zero-order valence-electron chi connectivity index (χ0n) is 17.9. The van der Waals surface area contributed by atoms with E-state index in [1.54, 1.807) is 9.58 Å². The minimum atomic E-state index is -0.0134. The number of morpholine rings is 1. The molecule has 0 unspecified atom stereocenters. The molecule has 0 N–H and O–H groups in total. The zero-order valence-corrected chi connectivity index (χ0v) is 17.9. The predicted octanol–water partition coefficient (Wildman–Crippen LogP) is 3.86. The summed E-state index contributed by atoms with van der Waals surface area (Å²) in [5.74, 6) is 0.482. The second kappa shape index (κ2) is 8.55. The molecule has 3 aromatic rings. The van der Waals surface area contributed by atoms with Crippen molar-refractivity contribution in [2.45, 2.75) is 25.3 Å². The fourth-order valence-corrected chi connectivity index (χ4v) is 4.07. The van der Waals surface area contributed by atoms with Gasteiger partial charge in [0.15, 0.2) is 0 Å². The van der Waals surface area contributed by atoms with Gasteiger partial charge in [0, 0.05) is 38.3 Å². The van der Waals surface area contributed by atoms with E-state index in [4.69, 9.17) is 9.84 Å². The zero-order chi connectivity index (χ0) is 21.2. The Kier molecular flexibility index (Phi) is 5.47. The van der Waals surface area contributed by atoms with Crippen LogP contribution in [0.1, 0.15) is 40.5 Å². The number of carbonyl (C=O) groups excluding carboxylic acids is 1. The van der Waals surface area contributed by atoms with Gasteiger partial charge in [-0.25, -0.2) is 4.68 Å². The van der Waals surface area contributed by atoms with Gasteiger partial charge in [-0.3, -0.25) is 4.79 Å². The van der Waals surface area contributed by atoms with Gasteiger partial charge in [-0.1, -0.05) is 30.3 Å². The van der Waals surface area contributed by atoms with Gasteiger partial charge in [-0.15, -0.1) is 0 Å². The summed E-state index contributed by atoms with van der Waals surface area (Å²) in [4.78, 5) is 17.5.